The van der Waals surface area contributed by atoms with Crippen LogP contribution in [0.4, 0.5) is 5.69 Å². The van der Waals surface area contributed by atoms with Gasteiger partial charge in [0, 0.05) is 18.7 Å². The molecule has 1 aliphatic heterocycles. The lowest BCUT2D eigenvalue weighted by molar-refractivity contribution is -0.140. The summed E-state index contributed by atoms with van der Waals surface area (Å²) in [5.74, 6) is -2.72. The van der Waals surface area contributed by atoms with Crippen molar-refractivity contribution in [2.75, 3.05) is 11.9 Å². The number of hydrogen-bond donors (Lipinski definition) is 1. The number of carbonyl (C=O) groups excluding carboxylic acids is 3. The molecule has 1 heterocycles. The molecule has 182 valence electrons. The number of nitrogens with one attached hydrogen (secondary N) is 1. The molecule has 1 saturated heterocycles. The standard InChI is InChI=1S/C29H24Cl2N2O3/c1-2-17-9-3-8-14-22(17)32-23(34)15-16-33-26(35)24-25(27(33)36)29(31)19-11-5-4-10-18(19)28(24,30)20-12-6-7-13-21(20)29/h3-14,24-25H,2,15-16H2,1H3,(H,32,34)/t24-,25-,28?,29?/m1/s1. The maximum Gasteiger partial charge on any atom is 0.235 e. The molecule has 4 aliphatic rings. The van der Waals surface area contributed by atoms with Gasteiger partial charge < -0.3 is 5.32 Å². The van der Waals surface area contributed by atoms with Crippen molar-refractivity contribution in [3.8, 4) is 0 Å². The van der Waals surface area contributed by atoms with Gasteiger partial charge in [-0.3, -0.25) is 19.3 Å². The number of benzene rings is 3. The highest BCUT2D eigenvalue weighted by Gasteiger charge is 2.72. The fraction of sp³-hybridized carbons (Fsp3) is 0.276. The molecule has 1 fully saturated rings. The number of hydrogen-bond acceptors (Lipinski definition) is 3. The van der Waals surface area contributed by atoms with E-state index in [4.69, 9.17) is 23.2 Å². The quantitative estimate of drug-likeness (QED) is 0.374. The number of carbonyl (C=O) groups is 3. The summed E-state index contributed by atoms with van der Waals surface area (Å²) in [6.07, 6.45) is 0.763. The van der Waals surface area contributed by atoms with E-state index >= 15 is 0 Å². The monoisotopic (exact) mass is 518 g/mol. The molecule has 7 rings (SSSR count). The van der Waals surface area contributed by atoms with Gasteiger partial charge >= 0.3 is 0 Å². The smallest absolute Gasteiger partial charge is 0.235 e. The van der Waals surface area contributed by atoms with Gasteiger partial charge in [0.2, 0.25) is 17.7 Å². The number of nitrogens with zero attached hydrogens (tertiary/aromatic N) is 1. The molecule has 36 heavy (non-hydrogen) atoms. The largest absolute Gasteiger partial charge is 0.326 e. The first-order chi connectivity index (χ1) is 17.3. The second kappa shape index (κ2) is 8.19. The number of imide groups is 1. The predicted molar refractivity (Wildman–Crippen MR) is 139 cm³/mol. The van der Waals surface area contributed by atoms with Crippen molar-refractivity contribution in [1.29, 1.82) is 0 Å². The van der Waals surface area contributed by atoms with Gasteiger partial charge in [0.1, 0.15) is 9.75 Å². The van der Waals surface area contributed by atoms with Crippen LogP contribution in [0.3, 0.4) is 0 Å². The Morgan fingerprint density at radius 3 is 1.72 bits per heavy atom. The first kappa shape index (κ1) is 23.3. The zero-order valence-electron chi connectivity index (χ0n) is 19.6. The Balaban J connectivity index is 1.34. The number of likely N-dealkylation sites (tertiary alicyclic amines) is 1. The van der Waals surface area contributed by atoms with Crippen molar-refractivity contribution in [3.63, 3.8) is 0 Å². The van der Waals surface area contributed by atoms with E-state index in [9.17, 15) is 14.4 Å². The number of aryl methyl sites for hydroxylation is 1. The van der Waals surface area contributed by atoms with E-state index in [-0.39, 0.29) is 30.7 Å². The van der Waals surface area contributed by atoms with Crippen LogP contribution >= 0.6 is 23.2 Å². The van der Waals surface area contributed by atoms with E-state index in [1.165, 1.54) is 4.90 Å². The average molecular weight is 519 g/mol. The summed E-state index contributed by atoms with van der Waals surface area (Å²) in [5, 5.41) is 2.91. The first-order valence-electron chi connectivity index (χ1n) is 12.1. The van der Waals surface area contributed by atoms with Crippen LogP contribution in [-0.4, -0.2) is 29.2 Å². The number of anilines is 1. The van der Waals surface area contributed by atoms with Gasteiger partial charge in [-0.25, -0.2) is 0 Å². The first-order valence-corrected chi connectivity index (χ1v) is 12.9. The fourth-order valence-electron chi connectivity index (χ4n) is 6.32. The lowest BCUT2D eigenvalue weighted by Crippen LogP contribution is -2.57. The second-order valence-corrected chi connectivity index (χ2v) is 10.8. The molecule has 2 atom stereocenters. The van der Waals surface area contributed by atoms with E-state index in [2.05, 4.69) is 5.32 Å². The van der Waals surface area contributed by atoms with Gasteiger partial charge in [0.05, 0.1) is 11.8 Å². The van der Waals surface area contributed by atoms with E-state index in [1.807, 2.05) is 79.7 Å². The summed E-state index contributed by atoms with van der Waals surface area (Å²) in [7, 11) is 0. The highest BCUT2D eigenvalue weighted by molar-refractivity contribution is 6.36. The number of halogens is 2. The van der Waals surface area contributed by atoms with Gasteiger partial charge in [-0.2, -0.15) is 0 Å². The topological polar surface area (TPSA) is 66.5 Å². The summed E-state index contributed by atoms with van der Waals surface area (Å²) in [6, 6.07) is 22.7. The van der Waals surface area contributed by atoms with E-state index < -0.39 is 21.6 Å². The summed E-state index contributed by atoms with van der Waals surface area (Å²) in [6.45, 7) is 1.99. The molecule has 0 spiro atoms. The predicted octanol–water partition coefficient (Wildman–Crippen LogP) is 5.17. The molecule has 0 radical (unpaired) electrons. The Hall–Kier alpha value is -3.15. The maximum absolute atomic E-state index is 13.8. The van der Waals surface area contributed by atoms with Gasteiger partial charge in [-0.15, -0.1) is 23.2 Å². The number of amides is 3. The molecule has 2 bridgehead atoms. The zero-order valence-corrected chi connectivity index (χ0v) is 21.1. The van der Waals surface area contributed by atoms with Gasteiger partial charge in [-0.1, -0.05) is 73.7 Å². The summed E-state index contributed by atoms with van der Waals surface area (Å²) in [4.78, 5) is 39.2. The molecule has 5 nitrogen and oxygen atoms in total. The Kier molecular flexibility index (Phi) is 5.29. The van der Waals surface area contributed by atoms with Gasteiger partial charge in [0.25, 0.3) is 0 Å². The lowest BCUT2D eigenvalue weighted by atomic mass is 9.54. The van der Waals surface area contributed by atoms with Gasteiger partial charge in [-0.05, 0) is 40.3 Å². The van der Waals surface area contributed by atoms with E-state index in [0.29, 0.717) is 0 Å². The Bertz CT molecular complexity index is 1310. The fourth-order valence-corrected chi connectivity index (χ4v) is 7.42. The summed E-state index contributed by atoms with van der Waals surface area (Å²) in [5.41, 5.74) is 4.81. The molecular weight excluding hydrogens is 495 g/mol. The maximum atomic E-state index is 13.8. The molecule has 3 aromatic rings. The SMILES string of the molecule is CCc1ccccc1NC(=O)CCN1C(=O)[C@H]2[C@H](C1=O)C1(Cl)c3ccccc3C2(Cl)c2ccccc21. The molecule has 0 saturated carbocycles. The van der Waals surface area contributed by atoms with Crippen LogP contribution in [0, 0.1) is 11.8 Å². The minimum absolute atomic E-state index is 0.0144. The van der Waals surface area contributed by atoms with Crippen LogP contribution in [-0.2, 0) is 30.6 Å². The van der Waals surface area contributed by atoms with Crippen LogP contribution in [0.1, 0.15) is 41.2 Å². The van der Waals surface area contributed by atoms with E-state index in [0.717, 1.165) is 39.9 Å². The van der Waals surface area contributed by atoms with Crippen LogP contribution in [0.15, 0.2) is 72.8 Å². The number of alkyl halides is 2. The van der Waals surface area contributed by atoms with Crippen LogP contribution in [0.25, 0.3) is 0 Å². The van der Waals surface area contributed by atoms with Crippen LogP contribution in [0.2, 0.25) is 0 Å². The molecule has 1 N–H and O–H groups in total. The van der Waals surface area contributed by atoms with Crippen molar-refractivity contribution >= 4 is 46.6 Å². The van der Waals surface area contributed by atoms with Gasteiger partial charge in [0.15, 0.2) is 0 Å². The zero-order chi connectivity index (χ0) is 25.2. The van der Waals surface area contributed by atoms with Crippen LogP contribution in [0.5, 0.6) is 0 Å². The third-order valence-corrected chi connectivity index (χ3v) is 9.20. The molecule has 0 aromatic heterocycles. The van der Waals surface area contributed by atoms with Crippen LogP contribution < -0.4 is 5.32 Å². The van der Waals surface area contributed by atoms with E-state index in [1.54, 1.807) is 0 Å². The molecule has 7 heteroatoms. The Morgan fingerprint density at radius 1 is 0.806 bits per heavy atom. The van der Waals surface area contributed by atoms with Crippen molar-refractivity contribution in [2.24, 2.45) is 11.8 Å². The minimum Gasteiger partial charge on any atom is -0.326 e. The molecule has 3 amide bonds. The number of para-hydroxylation sites is 1. The minimum atomic E-state index is -1.21. The normalized spacial score (nSPS) is 27.5. The number of rotatable bonds is 5. The third-order valence-electron chi connectivity index (χ3n) is 7.91. The summed E-state index contributed by atoms with van der Waals surface area (Å²) < 4.78 is 0. The average Bonchev–Trinajstić information content (AvgIpc) is 3.16. The Labute approximate surface area is 219 Å². The molecular formula is C29H24Cl2N2O3. The molecule has 3 aromatic carbocycles. The highest BCUT2D eigenvalue weighted by Crippen LogP contribution is 2.69. The second-order valence-electron chi connectivity index (χ2n) is 9.61. The van der Waals surface area contributed by atoms with Crippen molar-refractivity contribution in [2.45, 2.75) is 29.5 Å². The van der Waals surface area contributed by atoms with Crippen molar-refractivity contribution < 1.29 is 14.4 Å². The third kappa shape index (κ3) is 2.93. The summed E-state index contributed by atoms with van der Waals surface area (Å²) >= 11 is 14.8. The highest BCUT2D eigenvalue weighted by atomic mass is 35.5. The van der Waals surface area contributed by atoms with Crippen molar-refractivity contribution in [3.05, 3.63) is 101 Å². The lowest BCUT2D eigenvalue weighted by Gasteiger charge is -2.54. The van der Waals surface area contributed by atoms with Crippen molar-refractivity contribution in [1.82, 2.24) is 4.90 Å². The molecule has 3 aliphatic carbocycles. The Morgan fingerprint density at radius 2 is 1.25 bits per heavy atom. The molecule has 0 unspecified atom stereocenters.